The Hall–Kier alpha value is -2.92. The van der Waals surface area contributed by atoms with Crippen molar-refractivity contribution >= 4 is 29.0 Å². The smallest absolute Gasteiger partial charge is 0.311 e. The Morgan fingerprint density at radius 3 is 2.63 bits per heavy atom. The van der Waals surface area contributed by atoms with Crippen LogP contribution in [0.1, 0.15) is 51.3 Å². The monoisotopic (exact) mass is 502 g/mol. The van der Waals surface area contributed by atoms with Gasteiger partial charge in [-0.1, -0.05) is 23.7 Å². The number of esters is 1. The number of hydrogen-bond donors (Lipinski definition) is 2. The van der Waals surface area contributed by atoms with Crippen LogP contribution in [0.25, 0.3) is 5.52 Å². The number of aromatic amines is 1. The zero-order chi connectivity index (χ0) is 25.1. The summed E-state index contributed by atoms with van der Waals surface area (Å²) in [5, 5.41) is 4.86. The minimum absolute atomic E-state index is 0.0248. The number of nitrogen functional groups attached to an aromatic ring is 1. The molecule has 0 bridgehead atoms. The van der Waals surface area contributed by atoms with E-state index in [2.05, 4.69) is 10.1 Å². The van der Waals surface area contributed by atoms with Crippen LogP contribution in [-0.2, 0) is 23.7 Å². The van der Waals surface area contributed by atoms with Crippen molar-refractivity contribution in [2.24, 2.45) is 5.41 Å². The molecule has 3 aromatic rings. The Kier molecular flexibility index (Phi) is 5.67. The van der Waals surface area contributed by atoms with Crippen LogP contribution >= 0.6 is 11.6 Å². The first kappa shape index (κ1) is 23.8. The molecule has 0 radical (unpaired) electrons. The second kappa shape index (κ2) is 8.34. The van der Waals surface area contributed by atoms with Gasteiger partial charge in [-0.3, -0.25) is 14.6 Å². The van der Waals surface area contributed by atoms with Gasteiger partial charge in [0, 0.05) is 10.6 Å². The predicted octanol–water partition coefficient (Wildman–Crippen LogP) is 3.16. The fourth-order valence-electron chi connectivity index (χ4n) is 4.51. The highest BCUT2D eigenvalue weighted by atomic mass is 35.5. The van der Waals surface area contributed by atoms with Crippen molar-refractivity contribution in [1.29, 1.82) is 0 Å². The van der Waals surface area contributed by atoms with Crippen molar-refractivity contribution in [2.75, 3.05) is 12.3 Å². The van der Waals surface area contributed by atoms with Crippen molar-refractivity contribution in [2.45, 2.75) is 57.9 Å². The van der Waals surface area contributed by atoms with Gasteiger partial charge in [-0.15, -0.1) is 5.10 Å². The molecule has 2 aliphatic rings. The molecule has 2 aliphatic heterocycles. The number of fused-ring (bicyclic) bond motifs is 2. The molecule has 1 unspecified atom stereocenters. The molecule has 11 heteroatoms. The zero-order valence-electron chi connectivity index (χ0n) is 19.8. The summed E-state index contributed by atoms with van der Waals surface area (Å²) in [6.07, 6.45) is -2.59. The molecule has 1 aromatic carbocycles. The van der Waals surface area contributed by atoms with Crippen molar-refractivity contribution in [3.63, 3.8) is 0 Å². The fraction of sp³-hybridized carbons (Fsp3) is 0.458. The van der Waals surface area contributed by atoms with Gasteiger partial charge < -0.3 is 24.7 Å². The number of nitrogens with zero attached hydrogens (tertiary/aromatic N) is 2. The number of ether oxygens (including phenoxy) is 4. The summed E-state index contributed by atoms with van der Waals surface area (Å²) in [6, 6.07) is 10.6. The fourth-order valence-corrected chi connectivity index (χ4v) is 4.64. The van der Waals surface area contributed by atoms with E-state index in [0.29, 0.717) is 16.2 Å². The van der Waals surface area contributed by atoms with E-state index in [1.54, 1.807) is 45.0 Å². The van der Waals surface area contributed by atoms with E-state index >= 15 is 0 Å². The molecule has 0 spiro atoms. The molecule has 5 atom stereocenters. The SMILES string of the molecule is CC(C)(C)C(=O)OC[C@H]1O[C@@H](c2ccc3c(=O)[nH]c(N)nn23)[C@]2(C)OC(c3ccc(Cl)cc3)O[C@H]12. The van der Waals surface area contributed by atoms with Crippen LogP contribution in [0.4, 0.5) is 5.95 Å². The molecule has 2 saturated heterocycles. The number of nitrogens with one attached hydrogen (secondary N) is 1. The summed E-state index contributed by atoms with van der Waals surface area (Å²) in [5.41, 5.74) is 5.43. The standard InChI is InChI=1S/C24H27ClN4O6/c1-23(2,3)21(31)32-11-16-18-24(4,35-20(34-18)12-5-7-13(25)8-6-12)17(33-16)14-9-10-15-19(30)27-22(26)28-29(14)15/h5-10,16-18,20H,11H2,1-4H3,(H3,26,27,28,30)/t16-,17+,18-,20?,24+/m1/s1. The highest BCUT2D eigenvalue weighted by Crippen LogP contribution is 2.53. The largest absolute Gasteiger partial charge is 0.462 e. The number of nitrogens with two attached hydrogens (primary N) is 1. The molecule has 4 heterocycles. The quantitative estimate of drug-likeness (QED) is 0.520. The van der Waals surface area contributed by atoms with Crippen LogP contribution < -0.4 is 11.3 Å². The summed E-state index contributed by atoms with van der Waals surface area (Å²) in [5.74, 6) is -0.383. The minimum atomic E-state index is -0.990. The normalized spacial score (nSPS) is 28.4. The highest BCUT2D eigenvalue weighted by molar-refractivity contribution is 6.30. The Labute approximate surface area is 206 Å². The Morgan fingerprint density at radius 2 is 1.94 bits per heavy atom. The summed E-state index contributed by atoms with van der Waals surface area (Å²) < 4.78 is 26.2. The molecule has 0 saturated carbocycles. The molecular formula is C24H27ClN4O6. The molecule has 10 nitrogen and oxygen atoms in total. The Morgan fingerprint density at radius 1 is 1.23 bits per heavy atom. The first-order chi connectivity index (χ1) is 16.5. The molecule has 5 rings (SSSR count). The summed E-state index contributed by atoms with van der Waals surface area (Å²) >= 11 is 6.05. The molecule has 0 amide bonds. The van der Waals surface area contributed by atoms with E-state index in [-0.39, 0.29) is 24.1 Å². The lowest BCUT2D eigenvalue weighted by molar-refractivity contribution is -0.171. The third-order valence-electron chi connectivity index (χ3n) is 6.33. The van der Waals surface area contributed by atoms with Gasteiger partial charge >= 0.3 is 5.97 Å². The van der Waals surface area contributed by atoms with Crippen LogP contribution in [0.2, 0.25) is 5.02 Å². The minimum Gasteiger partial charge on any atom is -0.462 e. The van der Waals surface area contributed by atoms with E-state index < -0.39 is 35.6 Å². The van der Waals surface area contributed by atoms with Crippen molar-refractivity contribution in [1.82, 2.24) is 14.6 Å². The van der Waals surface area contributed by atoms with E-state index in [1.165, 1.54) is 4.52 Å². The van der Waals surface area contributed by atoms with Gasteiger partial charge in [-0.25, -0.2) is 4.52 Å². The zero-order valence-corrected chi connectivity index (χ0v) is 20.5. The number of carbonyl (C=O) groups excluding carboxylic acids is 1. The van der Waals surface area contributed by atoms with Gasteiger partial charge in [0.1, 0.15) is 36.0 Å². The van der Waals surface area contributed by atoms with Gasteiger partial charge in [0.2, 0.25) is 5.95 Å². The topological polar surface area (TPSA) is 130 Å². The average Bonchev–Trinajstić information content (AvgIpc) is 3.42. The molecule has 0 aliphatic carbocycles. The first-order valence-corrected chi connectivity index (χ1v) is 11.6. The number of anilines is 1. The Balaban J connectivity index is 1.52. The molecule has 2 fully saturated rings. The van der Waals surface area contributed by atoms with Crippen LogP contribution in [0.5, 0.6) is 0 Å². The third-order valence-corrected chi connectivity index (χ3v) is 6.59. The lowest BCUT2D eigenvalue weighted by Gasteiger charge is -2.27. The summed E-state index contributed by atoms with van der Waals surface area (Å²) in [6.45, 7) is 7.19. The highest BCUT2D eigenvalue weighted by Gasteiger charge is 2.63. The number of rotatable bonds is 4. The van der Waals surface area contributed by atoms with Gasteiger partial charge in [0.05, 0.1) is 11.1 Å². The molecule has 186 valence electrons. The lowest BCUT2D eigenvalue weighted by atomic mass is 9.91. The Bertz CT molecular complexity index is 1330. The maximum absolute atomic E-state index is 12.4. The number of aromatic nitrogens is 3. The predicted molar refractivity (Wildman–Crippen MR) is 127 cm³/mol. The average molecular weight is 503 g/mol. The lowest BCUT2D eigenvalue weighted by Crippen LogP contribution is -2.41. The maximum Gasteiger partial charge on any atom is 0.311 e. The maximum atomic E-state index is 12.4. The molecule has 35 heavy (non-hydrogen) atoms. The number of carbonyl (C=O) groups is 1. The van der Waals surface area contributed by atoms with Gasteiger partial charge in [-0.05, 0) is 52.0 Å². The van der Waals surface area contributed by atoms with E-state index in [4.69, 9.17) is 36.3 Å². The molecule has 2 aromatic heterocycles. The summed E-state index contributed by atoms with van der Waals surface area (Å²) in [7, 11) is 0. The van der Waals surface area contributed by atoms with E-state index in [1.807, 2.05) is 19.1 Å². The second-order valence-electron chi connectivity index (χ2n) is 10.0. The van der Waals surface area contributed by atoms with Crippen molar-refractivity contribution in [3.05, 3.63) is 63.0 Å². The first-order valence-electron chi connectivity index (χ1n) is 11.3. The second-order valence-corrected chi connectivity index (χ2v) is 10.5. The molecule has 3 N–H and O–H groups in total. The van der Waals surface area contributed by atoms with Crippen molar-refractivity contribution in [3.8, 4) is 0 Å². The number of hydrogen-bond acceptors (Lipinski definition) is 8. The van der Waals surface area contributed by atoms with Crippen LogP contribution in [0, 0.1) is 5.41 Å². The van der Waals surface area contributed by atoms with Crippen LogP contribution in [0.3, 0.4) is 0 Å². The van der Waals surface area contributed by atoms with Crippen LogP contribution in [0.15, 0.2) is 41.2 Å². The number of H-pyrrole nitrogens is 1. The van der Waals surface area contributed by atoms with Gasteiger partial charge in [0.15, 0.2) is 6.29 Å². The number of halogens is 1. The van der Waals surface area contributed by atoms with Crippen molar-refractivity contribution < 1.29 is 23.7 Å². The van der Waals surface area contributed by atoms with E-state index in [9.17, 15) is 9.59 Å². The van der Waals surface area contributed by atoms with Gasteiger partial charge in [-0.2, -0.15) is 0 Å². The van der Waals surface area contributed by atoms with E-state index in [0.717, 1.165) is 5.56 Å². The summed E-state index contributed by atoms with van der Waals surface area (Å²) in [4.78, 5) is 27.3. The number of benzene rings is 1. The van der Waals surface area contributed by atoms with Crippen LogP contribution in [-0.4, -0.2) is 45.0 Å². The third kappa shape index (κ3) is 4.10. The van der Waals surface area contributed by atoms with Gasteiger partial charge in [0.25, 0.3) is 5.56 Å². The molecular weight excluding hydrogens is 476 g/mol.